The predicted molar refractivity (Wildman–Crippen MR) is 128 cm³/mol. The fourth-order valence-corrected chi connectivity index (χ4v) is 5.22. The summed E-state index contributed by atoms with van der Waals surface area (Å²) in [7, 11) is 0. The largest absolute Gasteiger partial charge is 0.479 e. The van der Waals surface area contributed by atoms with E-state index in [0.717, 1.165) is 22.3 Å². The molecular formula is C27H28N2O6. The maximum atomic E-state index is 12.8. The lowest BCUT2D eigenvalue weighted by Gasteiger charge is -2.29. The second-order valence-electron chi connectivity index (χ2n) is 9.35. The summed E-state index contributed by atoms with van der Waals surface area (Å²) >= 11 is 0. The van der Waals surface area contributed by atoms with E-state index in [1.807, 2.05) is 36.4 Å². The maximum absolute atomic E-state index is 12.8. The SMILES string of the molecule is O=C(NC1C=CCC(C(=O)NC2(C(=O)O)CCOC2)C1)OCC1c2ccccc2-c2ccccc21. The van der Waals surface area contributed by atoms with Crippen LogP contribution in [0.1, 0.15) is 36.3 Å². The van der Waals surface area contributed by atoms with Crippen molar-refractivity contribution in [3.05, 3.63) is 71.8 Å². The Balaban J connectivity index is 1.17. The van der Waals surface area contributed by atoms with Crippen LogP contribution in [0.5, 0.6) is 0 Å². The Hall–Kier alpha value is -3.65. The average molecular weight is 477 g/mol. The normalized spacial score (nSPS) is 24.9. The van der Waals surface area contributed by atoms with Gasteiger partial charge in [0.1, 0.15) is 6.61 Å². The van der Waals surface area contributed by atoms with Crippen LogP contribution in [-0.4, -0.2) is 54.5 Å². The number of carbonyl (C=O) groups excluding carboxylic acids is 2. The molecule has 2 amide bonds. The standard InChI is InChI=1S/C27H28N2O6/c30-24(29-27(25(31)32)12-13-34-16-27)17-6-5-7-18(14-17)28-26(33)35-15-23-21-10-3-1-8-19(21)20-9-2-4-11-22(20)23/h1-5,7-11,17-18,23H,6,12-16H2,(H,28,33)(H,29,30)(H,31,32). The molecular weight excluding hydrogens is 448 g/mol. The third-order valence-corrected chi connectivity index (χ3v) is 7.14. The average Bonchev–Trinajstić information content (AvgIpc) is 3.47. The number of nitrogens with one attached hydrogen (secondary N) is 2. The highest BCUT2D eigenvalue weighted by Crippen LogP contribution is 2.44. The van der Waals surface area contributed by atoms with Crippen LogP contribution in [0.25, 0.3) is 11.1 Å². The first-order valence-corrected chi connectivity index (χ1v) is 11.9. The lowest BCUT2D eigenvalue weighted by atomic mass is 9.88. The summed E-state index contributed by atoms with van der Waals surface area (Å²) in [5, 5.41) is 15.1. The van der Waals surface area contributed by atoms with Crippen LogP contribution in [-0.2, 0) is 19.1 Å². The molecule has 8 nitrogen and oxygen atoms in total. The highest BCUT2D eigenvalue weighted by atomic mass is 16.5. The molecule has 1 heterocycles. The summed E-state index contributed by atoms with van der Waals surface area (Å²) < 4.78 is 10.8. The Bertz CT molecular complexity index is 1120. The molecule has 182 valence electrons. The summed E-state index contributed by atoms with van der Waals surface area (Å²) in [6.45, 7) is 0.461. The number of hydrogen-bond donors (Lipinski definition) is 3. The lowest BCUT2D eigenvalue weighted by molar-refractivity contribution is -0.148. The van der Waals surface area contributed by atoms with E-state index in [4.69, 9.17) is 9.47 Å². The van der Waals surface area contributed by atoms with Crippen LogP contribution in [0.3, 0.4) is 0 Å². The zero-order chi connectivity index (χ0) is 24.4. The zero-order valence-corrected chi connectivity index (χ0v) is 19.2. The number of aliphatic carboxylic acids is 1. The van der Waals surface area contributed by atoms with Crippen LogP contribution < -0.4 is 10.6 Å². The van der Waals surface area contributed by atoms with E-state index in [1.54, 1.807) is 0 Å². The predicted octanol–water partition coefficient (Wildman–Crippen LogP) is 3.22. The molecule has 0 aromatic heterocycles. The van der Waals surface area contributed by atoms with Gasteiger partial charge in [0.05, 0.1) is 12.6 Å². The number of amides is 2. The highest BCUT2D eigenvalue weighted by molar-refractivity contribution is 5.88. The second-order valence-corrected chi connectivity index (χ2v) is 9.35. The Morgan fingerprint density at radius 1 is 1.06 bits per heavy atom. The smallest absolute Gasteiger partial charge is 0.407 e. The van der Waals surface area contributed by atoms with Crippen LogP contribution in [0.15, 0.2) is 60.7 Å². The van der Waals surface area contributed by atoms with Crippen molar-refractivity contribution in [3.63, 3.8) is 0 Å². The number of rotatable bonds is 6. The van der Waals surface area contributed by atoms with E-state index < -0.39 is 23.5 Å². The maximum Gasteiger partial charge on any atom is 0.407 e. The van der Waals surface area contributed by atoms with Gasteiger partial charge >= 0.3 is 12.1 Å². The quantitative estimate of drug-likeness (QED) is 0.552. The van der Waals surface area contributed by atoms with Gasteiger partial charge in [-0.15, -0.1) is 0 Å². The lowest BCUT2D eigenvalue weighted by Crippen LogP contribution is -2.57. The molecule has 8 heteroatoms. The van der Waals surface area contributed by atoms with Crippen molar-refractivity contribution in [3.8, 4) is 11.1 Å². The molecule has 2 aromatic carbocycles. The van der Waals surface area contributed by atoms with E-state index in [1.165, 1.54) is 0 Å². The van der Waals surface area contributed by atoms with Crippen LogP contribution in [0, 0.1) is 5.92 Å². The van der Waals surface area contributed by atoms with E-state index >= 15 is 0 Å². The first-order chi connectivity index (χ1) is 17.0. The summed E-state index contributed by atoms with van der Waals surface area (Å²) in [6, 6.07) is 15.9. The number of carboxylic acids is 1. The molecule has 35 heavy (non-hydrogen) atoms. The molecule has 3 atom stereocenters. The Morgan fingerprint density at radius 3 is 2.37 bits per heavy atom. The van der Waals surface area contributed by atoms with Crippen molar-refractivity contribution in [1.82, 2.24) is 10.6 Å². The fourth-order valence-electron chi connectivity index (χ4n) is 5.22. The van der Waals surface area contributed by atoms with E-state index in [2.05, 4.69) is 34.9 Å². The van der Waals surface area contributed by atoms with Gasteiger partial charge in [0.2, 0.25) is 5.91 Å². The molecule has 0 spiro atoms. The van der Waals surface area contributed by atoms with Gasteiger partial charge in [0, 0.05) is 24.9 Å². The number of carboxylic acid groups (broad SMARTS) is 1. The molecule has 0 saturated carbocycles. The molecule has 1 fully saturated rings. The minimum atomic E-state index is -1.38. The van der Waals surface area contributed by atoms with E-state index in [9.17, 15) is 19.5 Å². The van der Waals surface area contributed by atoms with Gasteiger partial charge < -0.3 is 25.2 Å². The number of alkyl carbamates (subject to hydrolysis) is 1. The first-order valence-electron chi connectivity index (χ1n) is 11.9. The van der Waals surface area contributed by atoms with Crippen LogP contribution in [0.4, 0.5) is 4.79 Å². The fraction of sp³-hybridized carbons (Fsp3) is 0.370. The minimum absolute atomic E-state index is 0.0330. The third kappa shape index (κ3) is 4.53. The molecule has 3 aliphatic rings. The molecule has 2 aliphatic carbocycles. The van der Waals surface area contributed by atoms with Gasteiger partial charge in [0.25, 0.3) is 0 Å². The molecule has 3 N–H and O–H groups in total. The van der Waals surface area contributed by atoms with Gasteiger partial charge in [-0.3, -0.25) is 4.79 Å². The molecule has 0 radical (unpaired) electrons. The first kappa shape index (κ1) is 23.1. The molecule has 1 saturated heterocycles. The monoisotopic (exact) mass is 476 g/mol. The van der Waals surface area contributed by atoms with Crippen molar-refractivity contribution in [2.45, 2.75) is 36.8 Å². The third-order valence-electron chi connectivity index (χ3n) is 7.14. The summed E-state index contributed by atoms with van der Waals surface area (Å²) in [6.07, 6.45) is 4.21. The van der Waals surface area contributed by atoms with Crippen molar-refractivity contribution in [1.29, 1.82) is 0 Å². The number of benzene rings is 2. The number of carbonyl (C=O) groups is 3. The van der Waals surface area contributed by atoms with Gasteiger partial charge in [0.15, 0.2) is 5.54 Å². The van der Waals surface area contributed by atoms with E-state index in [-0.39, 0.29) is 37.5 Å². The number of hydrogen-bond acceptors (Lipinski definition) is 5. The topological polar surface area (TPSA) is 114 Å². The van der Waals surface area contributed by atoms with Crippen molar-refractivity contribution >= 4 is 18.0 Å². The molecule has 2 aromatic rings. The van der Waals surface area contributed by atoms with Crippen molar-refractivity contribution in [2.24, 2.45) is 5.92 Å². The summed E-state index contributed by atoms with van der Waals surface area (Å²) in [5.41, 5.74) is 3.22. The number of ether oxygens (including phenoxy) is 2. The van der Waals surface area contributed by atoms with Crippen molar-refractivity contribution in [2.75, 3.05) is 19.8 Å². The highest BCUT2D eigenvalue weighted by Gasteiger charge is 2.45. The second kappa shape index (κ2) is 9.54. The number of allylic oxidation sites excluding steroid dienone is 1. The Morgan fingerprint density at radius 2 is 1.74 bits per heavy atom. The minimum Gasteiger partial charge on any atom is -0.479 e. The van der Waals surface area contributed by atoms with Gasteiger partial charge in [-0.2, -0.15) is 0 Å². The van der Waals surface area contributed by atoms with Gasteiger partial charge in [-0.1, -0.05) is 60.7 Å². The van der Waals surface area contributed by atoms with Crippen LogP contribution in [0.2, 0.25) is 0 Å². The van der Waals surface area contributed by atoms with E-state index in [0.29, 0.717) is 19.4 Å². The van der Waals surface area contributed by atoms with Gasteiger partial charge in [-0.05, 0) is 35.1 Å². The number of fused-ring (bicyclic) bond motifs is 3. The zero-order valence-electron chi connectivity index (χ0n) is 19.2. The summed E-state index contributed by atoms with van der Waals surface area (Å²) in [4.78, 5) is 37.2. The molecule has 5 rings (SSSR count). The molecule has 3 unspecified atom stereocenters. The molecule has 1 aliphatic heterocycles. The molecule has 0 bridgehead atoms. The van der Waals surface area contributed by atoms with Crippen molar-refractivity contribution < 1.29 is 29.0 Å². The Labute approximate surface area is 203 Å². The Kier molecular flexibility index (Phi) is 6.30. The summed E-state index contributed by atoms with van der Waals surface area (Å²) in [5.74, 6) is -1.92. The van der Waals surface area contributed by atoms with Crippen LogP contribution >= 0.6 is 0 Å². The van der Waals surface area contributed by atoms with Gasteiger partial charge in [-0.25, -0.2) is 9.59 Å².